The van der Waals surface area contributed by atoms with E-state index in [1.165, 1.54) is 16.7 Å². The maximum Gasteiger partial charge on any atom is 0.0661 e. The summed E-state index contributed by atoms with van der Waals surface area (Å²) in [4.78, 5) is 0. The SMILES string of the molecule is Cc1cc(C)c(Nc2ccc(N)cc2Cl)c(C)c1. The van der Waals surface area contributed by atoms with Gasteiger partial charge in [-0.1, -0.05) is 29.3 Å². The van der Waals surface area contributed by atoms with Gasteiger partial charge in [-0.2, -0.15) is 0 Å². The number of hydrogen-bond donors (Lipinski definition) is 2. The van der Waals surface area contributed by atoms with E-state index in [1.807, 2.05) is 12.1 Å². The monoisotopic (exact) mass is 260 g/mol. The first-order chi connectivity index (χ1) is 8.47. The van der Waals surface area contributed by atoms with Crippen LogP contribution in [-0.2, 0) is 0 Å². The van der Waals surface area contributed by atoms with E-state index in [9.17, 15) is 0 Å². The molecule has 0 spiro atoms. The number of rotatable bonds is 2. The molecule has 0 unspecified atom stereocenters. The van der Waals surface area contributed by atoms with E-state index in [2.05, 4.69) is 38.2 Å². The fraction of sp³-hybridized carbons (Fsp3) is 0.200. The van der Waals surface area contributed by atoms with E-state index in [1.54, 1.807) is 6.07 Å². The van der Waals surface area contributed by atoms with Gasteiger partial charge >= 0.3 is 0 Å². The molecule has 0 atom stereocenters. The van der Waals surface area contributed by atoms with Crippen LogP contribution in [0, 0.1) is 20.8 Å². The van der Waals surface area contributed by atoms with E-state index in [4.69, 9.17) is 17.3 Å². The van der Waals surface area contributed by atoms with Crippen LogP contribution in [0.2, 0.25) is 5.02 Å². The lowest BCUT2D eigenvalue weighted by atomic mass is 10.0. The van der Waals surface area contributed by atoms with Crippen molar-refractivity contribution in [2.24, 2.45) is 0 Å². The van der Waals surface area contributed by atoms with Crippen molar-refractivity contribution in [1.29, 1.82) is 0 Å². The first-order valence-corrected chi connectivity index (χ1v) is 6.25. The Kier molecular flexibility index (Phi) is 3.48. The quantitative estimate of drug-likeness (QED) is 0.775. The first kappa shape index (κ1) is 12.8. The van der Waals surface area contributed by atoms with Gasteiger partial charge < -0.3 is 11.1 Å². The van der Waals surface area contributed by atoms with E-state index < -0.39 is 0 Å². The molecule has 0 heterocycles. The molecule has 0 fully saturated rings. The third-order valence-electron chi connectivity index (χ3n) is 2.93. The fourth-order valence-corrected chi connectivity index (χ4v) is 2.38. The molecule has 2 rings (SSSR count). The molecule has 2 aromatic carbocycles. The number of aryl methyl sites for hydroxylation is 3. The molecule has 0 amide bonds. The fourth-order valence-electron chi connectivity index (χ4n) is 2.14. The zero-order valence-corrected chi connectivity index (χ0v) is 11.6. The smallest absolute Gasteiger partial charge is 0.0661 e. The molecule has 2 nitrogen and oxygen atoms in total. The minimum Gasteiger partial charge on any atom is -0.399 e. The van der Waals surface area contributed by atoms with Crippen molar-refractivity contribution >= 4 is 28.7 Å². The molecule has 0 saturated heterocycles. The molecule has 0 aliphatic heterocycles. The van der Waals surface area contributed by atoms with Gasteiger partial charge in [-0.25, -0.2) is 0 Å². The largest absolute Gasteiger partial charge is 0.399 e. The highest BCUT2D eigenvalue weighted by atomic mass is 35.5. The highest BCUT2D eigenvalue weighted by molar-refractivity contribution is 6.33. The van der Waals surface area contributed by atoms with Gasteiger partial charge in [-0.3, -0.25) is 0 Å². The van der Waals surface area contributed by atoms with Crippen LogP contribution in [0.15, 0.2) is 30.3 Å². The van der Waals surface area contributed by atoms with Gasteiger partial charge in [-0.15, -0.1) is 0 Å². The summed E-state index contributed by atoms with van der Waals surface area (Å²) in [5.74, 6) is 0. The maximum absolute atomic E-state index is 6.17. The molecular formula is C15H17ClN2. The Bertz CT molecular complexity index is 568. The third-order valence-corrected chi connectivity index (χ3v) is 3.24. The van der Waals surface area contributed by atoms with Crippen LogP contribution >= 0.6 is 11.6 Å². The number of halogens is 1. The van der Waals surface area contributed by atoms with Gasteiger partial charge in [0, 0.05) is 11.4 Å². The summed E-state index contributed by atoms with van der Waals surface area (Å²) in [7, 11) is 0. The molecule has 3 N–H and O–H groups in total. The molecule has 0 bridgehead atoms. The normalized spacial score (nSPS) is 10.4. The van der Waals surface area contributed by atoms with Gasteiger partial charge in [-0.05, 0) is 50.1 Å². The third kappa shape index (κ3) is 2.59. The van der Waals surface area contributed by atoms with Gasteiger partial charge in [0.2, 0.25) is 0 Å². The summed E-state index contributed by atoms with van der Waals surface area (Å²) in [5, 5.41) is 4.01. The molecule has 18 heavy (non-hydrogen) atoms. The molecule has 94 valence electrons. The lowest BCUT2D eigenvalue weighted by Crippen LogP contribution is -1.98. The van der Waals surface area contributed by atoms with E-state index in [0.29, 0.717) is 10.7 Å². The average molecular weight is 261 g/mol. The van der Waals surface area contributed by atoms with Crippen molar-refractivity contribution in [1.82, 2.24) is 0 Å². The highest BCUT2D eigenvalue weighted by Crippen LogP contribution is 2.31. The topological polar surface area (TPSA) is 38.0 Å². The Morgan fingerprint density at radius 1 is 1.00 bits per heavy atom. The van der Waals surface area contributed by atoms with Crippen molar-refractivity contribution in [3.63, 3.8) is 0 Å². The van der Waals surface area contributed by atoms with Crippen LogP contribution in [0.3, 0.4) is 0 Å². The molecule has 0 aliphatic rings. The summed E-state index contributed by atoms with van der Waals surface area (Å²) in [5.41, 5.74) is 12.0. The Morgan fingerprint density at radius 2 is 1.61 bits per heavy atom. The summed E-state index contributed by atoms with van der Waals surface area (Å²) < 4.78 is 0. The van der Waals surface area contributed by atoms with Crippen molar-refractivity contribution in [3.8, 4) is 0 Å². The van der Waals surface area contributed by atoms with Gasteiger partial charge in [0.15, 0.2) is 0 Å². The first-order valence-electron chi connectivity index (χ1n) is 5.87. The second-order valence-electron chi connectivity index (χ2n) is 4.64. The van der Waals surface area contributed by atoms with Crippen LogP contribution in [0.25, 0.3) is 0 Å². The predicted molar refractivity (Wildman–Crippen MR) is 79.8 cm³/mol. The Balaban J connectivity index is 2.40. The van der Waals surface area contributed by atoms with Crippen molar-refractivity contribution in [2.45, 2.75) is 20.8 Å². The molecule has 0 radical (unpaired) electrons. The Morgan fingerprint density at radius 3 is 2.17 bits per heavy atom. The zero-order valence-electron chi connectivity index (χ0n) is 10.8. The molecule has 0 aliphatic carbocycles. The summed E-state index contributed by atoms with van der Waals surface area (Å²) in [6.45, 7) is 6.28. The molecule has 3 heteroatoms. The van der Waals surface area contributed by atoms with Gasteiger partial charge in [0.25, 0.3) is 0 Å². The summed E-state index contributed by atoms with van der Waals surface area (Å²) in [6, 6.07) is 9.80. The average Bonchev–Trinajstić information content (AvgIpc) is 2.25. The van der Waals surface area contributed by atoms with Gasteiger partial charge in [0.05, 0.1) is 10.7 Å². The van der Waals surface area contributed by atoms with Crippen LogP contribution in [-0.4, -0.2) is 0 Å². The van der Waals surface area contributed by atoms with E-state index >= 15 is 0 Å². The van der Waals surface area contributed by atoms with Crippen LogP contribution < -0.4 is 11.1 Å². The van der Waals surface area contributed by atoms with Gasteiger partial charge in [0.1, 0.15) is 0 Å². The number of nitrogens with two attached hydrogens (primary N) is 1. The number of nitrogen functional groups attached to an aromatic ring is 1. The van der Waals surface area contributed by atoms with Crippen LogP contribution in [0.4, 0.5) is 17.1 Å². The van der Waals surface area contributed by atoms with Crippen LogP contribution in [0.5, 0.6) is 0 Å². The van der Waals surface area contributed by atoms with Crippen molar-refractivity contribution in [2.75, 3.05) is 11.1 Å². The second kappa shape index (κ2) is 4.91. The molecule has 0 aromatic heterocycles. The minimum atomic E-state index is 0.634. The molecule has 2 aromatic rings. The number of hydrogen-bond acceptors (Lipinski definition) is 2. The minimum absolute atomic E-state index is 0.634. The van der Waals surface area contributed by atoms with Crippen molar-refractivity contribution in [3.05, 3.63) is 52.0 Å². The Labute approximate surface area is 113 Å². The molecular weight excluding hydrogens is 244 g/mol. The van der Waals surface area contributed by atoms with Crippen LogP contribution in [0.1, 0.15) is 16.7 Å². The number of nitrogens with one attached hydrogen (secondary N) is 1. The summed E-state index contributed by atoms with van der Waals surface area (Å²) >= 11 is 6.17. The van der Waals surface area contributed by atoms with E-state index in [-0.39, 0.29) is 0 Å². The maximum atomic E-state index is 6.17. The number of anilines is 3. The highest BCUT2D eigenvalue weighted by Gasteiger charge is 2.06. The lowest BCUT2D eigenvalue weighted by Gasteiger charge is -2.15. The predicted octanol–water partition coefficient (Wildman–Crippen LogP) is 4.59. The number of benzene rings is 2. The molecule has 0 saturated carbocycles. The van der Waals surface area contributed by atoms with Crippen molar-refractivity contribution < 1.29 is 0 Å². The zero-order chi connectivity index (χ0) is 13.3. The van der Waals surface area contributed by atoms with E-state index in [0.717, 1.165) is 11.4 Å². The second-order valence-corrected chi connectivity index (χ2v) is 5.05. The Hall–Kier alpha value is -1.67. The standard InChI is InChI=1S/C15H17ClN2/c1-9-6-10(2)15(11(3)7-9)18-14-5-4-12(17)8-13(14)16/h4-8,18H,17H2,1-3H3. The summed E-state index contributed by atoms with van der Waals surface area (Å²) in [6.07, 6.45) is 0. The lowest BCUT2D eigenvalue weighted by molar-refractivity contribution is 1.31.